The standard InChI is InChI=1S/C22H19F2N3O5/c1-14(11-12-15-8-6-10-18-20(15)32-22(23,24)31-18)26-30-13-16-7-4-5-9-17(16)19(27-29-3)21(28)25-2/h4-10H,13H2,1-3H3,(H,25,28)/b26-14+,27-19+. The monoisotopic (exact) mass is 443 g/mol. The van der Waals surface area contributed by atoms with Gasteiger partial charge >= 0.3 is 6.29 Å². The summed E-state index contributed by atoms with van der Waals surface area (Å²) in [5.41, 5.74) is 1.77. The Balaban J connectivity index is 1.73. The lowest BCUT2D eigenvalue weighted by Crippen LogP contribution is -2.29. The molecular weight excluding hydrogens is 424 g/mol. The maximum Gasteiger partial charge on any atom is 0.586 e. The average molecular weight is 443 g/mol. The number of oxime groups is 2. The molecule has 1 heterocycles. The molecule has 166 valence electrons. The second-order valence-corrected chi connectivity index (χ2v) is 6.36. The summed E-state index contributed by atoms with van der Waals surface area (Å²) < 4.78 is 35.5. The van der Waals surface area contributed by atoms with Crippen LogP contribution in [0.3, 0.4) is 0 Å². The Bertz CT molecular complexity index is 1140. The third-order valence-electron chi connectivity index (χ3n) is 4.13. The van der Waals surface area contributed by atoms with Crippen LogP contribution in [0.25, 0.3) is 0 Å². The summed E-state index contributed by atoms with van der Waals surface area (Å²) in [6.45, 7) is 1.62. The Kier molecular flexibility index (Phi) is 6.90. The van der Waals surface area contributed by atoms with Gasteiger partial charge in [-0.2, -0.15) is 0 Å². The molecule has 0 spiro atoms. The molecule has 3 rings (SSSR count). The van der Waals surface area contributed by atoms with Crippen LogP contribution in [0.4, 0.5) is 8.78 Å². The molecule has 0 unspecified atom stereocenters. The van der Waals surface area contributed by atoms with Crippen LogP contribution in [0, 0.1) is 11.8 Å². The number of amides is 1. The molecule has 1 N–H and O–H groups in total. The van der Waals surface area contributed by atoms with Crippen molar-refractivity contribution in [3.8, 4) is 23.3 Å². The van der Waals surface area contributed by atoms with E-state index >= 15 is 0 Å². The molecule has 0 aromatic heterocycles. The van der Waals surface area contributed by atoms with E-state index in [1.807, 2.05) is 0 Å². The van der Waals surface area contributed by atoms with Gasteiger partial charge in [0.1, 0.15) is 19.4 Å². The highest BCUT2D eigenvalue weighted by atomic mass is 19.3. The number of ether oxygens (including phenoxy) is 2. The maximum absolute atomic E-state index is 13.3. The third kappa shape index (κ3) is 5.31. The molecule has 0 saturated carbocycles. The lowest BCUT2D eigenvalue weighted by molar-refractivity contribution is -0.286. The van der Waals surface area contributed by atoms with Crippen LogP contribution in [0.1, 0.15) is 23.6 Å². The molecule has 0 atom stereocenters. The molecule has 0 aliphatic carbocycles. The van der Waals surface area contributed by atoms with Crippen molar-refractivity contribution in [1.29, 1.82) is 0 Å². The predicted molar refractivity (Wildman–Crippen MR) is 111 cm³/mol. The lowest BCUT2D eigenvalue weighted by atomic mass is 10.0. The van der Waals surface area contributed by atoms with Crippen molar-refractivity contribution in [2.75, 3.05) is 14.2 Å². The number of rotatable bonds is 6. The number of halogens is 2. The van der Waals surface area contributed by atoms with Crippen LogP contribution in [0.5, 0.6) is 11.5 Å². The Labute approximate surface area is 182 Å². The van der Waals surface area contributed by atoms with E-state index in [2.05, 4.69) is 36.9 Å². The molecule has 8 nitrogen and oxygen atoms in total. The van der Waals surface area contributed by atoms with Crippen molar-refractivity contribution in [2.45, 2.75) is 19.8 Å². The first-order chi connectivity index (χ1) is 15.3. The molecular formula is C22H19F2N3O5. The lowest BCUT2D eigenvalue weighted by Gasteiger charge is -2.09. The molecule has 1 aliphatic heterocycles. The number of carbonyl (C=O) groups is 1. The Morgan fingerprint density at radius 3 is 2.69 bits per heavy atom. The van der Waals surface area contributed by atoms with Crippen molar-refractivity contribution in [3.63, 3.8) is 0 Å². The van der Waals surface area contributed by atoms with Gasteiger partial charge in [-0.1, -0.05) is 46.6 Å². The molecule has 0 radical (unpaired) electrons. The smallest absolute Gasteiger partial charge is 0.398 e. The van der Waals surface area contributed by atoms with Crippen LogP contribution in [0.15, 0.2) is 52.8 Å². The fourth-order valence-electron chi connectivity index (χ4n) is 2.75. The number of para-hydroxylation sites is 1. The zero-order valence-electron chi connectivity index (χ0n) is 17.4. The van der Waals surface area contributed by atoms with E-state index in [-0.39, 0.29) is 29.4 Å². The van der Waals surface area contributed by atoms with Gasteiger partial charge in [0.05, 0.1) is 5.56 Å². The van der Waals surface area contributed by atoms with Gasteiger partial charge in [-0.25, -0.2) is 0 Å². The summed E-state index contributed by atoms with van der Waals surface area (Å²) >= 11 is 0. The fourth-order valence-corrected chi connectivity index (χ4v) is 2.75. The molecule has 32 heavy (non-hydrogen) atoms. The van der Waals surface area contributed by atoms with Gasteiger partial charge < -0.3 is 24.5 Å². The number of hydrogen-bond acceptors (Lipinski definition) is 7. The maximum atomic E-state index is 13.3. The van der Waals surface area contributed by atoms with Crippen molar-refractivity contribution in [2.24, 2.45) is 10.3 Å². The van der Waals surface area contributed by atoms with Gasteiger partial charge in [0, 0.05) is 18.2 Å². The number of alkyl halides is 2. The zero-order chi connectivity index (χ0) is 23.1. The Morgan fingerprint density at radius 2 is 1.94 bits per heavy atom. The highest BCUT2D eigenvalue weighted by molar-refractivity contribution is 6.45. The highest BCUT2D eigenvalue weighted by Crippen LogP contribution is 2.42. The van der Waals surface area contributed by atoms with Gasteiger partial charge in [-0.05, 0) is 25.0 Å². The van der Waals surface area contributed by atoms with Crippen molar-refractivity contribution >= 4 is 17.3 Å². The number of nitrogens with one attached hydrogen (secondary N) is 1. The van der Waals surface area contributed by atoms with Crippen LogP contribution in [0.2, 0.25) is 0 Å². The number of nitrogens with zero attached hydrogens (tertiary/aromatic N) is 2. The largest absolute Gasteiger partial charge is 0.586 e. The van der Waals surface area contributed by atoms with E-state index in [0.717, 1.165) is 0 Å². The van der Waals surface area contributed by atoms with Gasteiger partial charge in [0.2, 0.25) is 0 Å². The van der Waals surface area contributed by atoms with Crippen molar-refractivity contribution in [1.82, 2.24) is 5.32 Å². The minimum Gasteiger partial charge on any atom is -0.398 e. The van der Waals surface area contributed by atoms with E-state index in [1.165, 1.54) is 32.4 Å². The first-order valence-electron chi connectivity index (χ1n) is 9.33. The number of carbonyl (C=O) groups excluding carboxylic acids is 1. The van der Waals surface area contributed by atoms with E-state index in [4.69, 9.17) is 9.68 Å². The van der Waals surface area contributed by atoms with Crippen LogP contribution >= 0.6 is 0 Å². The van der Waals surface area contributed by atoms with Crippen molar-refractivity contribution < 1.29 is 32.7 Å². The van der Waals surface area contributed by atoms with Gasteiger partial charge in [-0.15, -0.1) is 8.78 Å². The number of hydrogen-bond donors (Lipinski definition) is 1. The Hall–Kier alpha value is -4.13. The molecule has 10 heteroatoms. The molecule has 0 saturated heterocycles. The molecule has 0 bridgehead atoms. The topological polar surface area (TPSA) is 90.7 Å². The van der Waals surface area contributed by atoms with E-state index < -0.39 is 12.2 Å². The first kappa shape index (κ1) is 22.6. The third-order valence-corrected chi connectivity index (χ3v) is 4.13. The summed E-state index contributed by atoms with van der Waals surface area (Å²) in [5, 5.41) is 10.2. The molecule has 2 aromatic carbocycles. The van der Waals surface area contributed by atoms with Crippen LogP contribution in [-0.2, 0) is 21.1 Å². The first-order valence-corrected chi connectivity index (χ1v) is 9.33. The average Bonchev–Trinajstić information content (AvgIpc) is 3.10. The second kappa shape index (κ2) is 9.78. The number of likely N-dealkylation sites (N-methyl/N-ethyl adjacent to an activating group) is 1. The number of fused-ring (bicyclic) bond motifs is 1. The minimum absolute atomic E-state index is 0.0266. The molecule has 2 aromatic rings. The molecule has 0 fully saturated rings. The molecule has 1 aliphatic rings. The van der Waals surface area contributed by atoms with Crippen molar-refractivity contribution in [3.05, 3.63) is 59.2 Å². The van der Waals surface area contributed by atoms with Gasteiger partial charge in [0.25, 0.3) is 5.91 Å². The van der Waals surface area contributed by atoms with Gasteiger partial charge in [-0.3, -0.25) is 4.79 Å². The predicted octanol–water partition coefficient (Wildman–Crippen LogP) is 3.05. The summed E-state index contributed by atoms with van der Waals surface area (Å²) in [7, 11) is 2.83. The van der Waals surface area contributed by atoms with E-state index in [0.29, 0.717) is 16.8 Å². The van der Waals surface area contributed by atoms with Gasteiger partial charge in [0.15, 0.2) is 17.2 Å². The van der Waals surface area contributed by atoms with E-state index in [9.17, 15) is 13.6 Å². The summed E-state index contributed by atoms with van der Waals surface area (Å²) in [6, 6.07) is 11.4. The van der Waals surface area contributed by atoms with Crippen LogP contribution in [-0.4, -0.2) is 37.8 Å². The second-order valence-electron chi connectivity index (χ2n) is 6.36. The zero-order valence-corrected chi connectivity index (χ0v) is 17.4. The van der Waals surface area contributed by atoms with E-state index in [1.54, 1.807) is 31.2 Å². The minimum atomic E-state index is -3.72. The van der Waals surface area contributed by atoms with Crippen LogP contribution < -0.4 is 14.8 Å². The normalized spacial score (nSPS) is 14.3. The molecule has 1 amide bonds. The summed E-state index contributed by atoms with van der Waals surface area (Å²) in [5.74, 6) is 4.79. The number of benzene rings is 2. The summed E-state index contributed by atoms with van der Waals surface area (Å²) in [4.78, 5) is 22.2. The summed E-state index contributed by atoms with van der Waals surface area (Å²) in [6.07, 6.45) is -3.72. The Morgan fingerprint density at radius 1 is 1.16 bits per heavy atom. The SMILES string of the molecule is CNC(=O)/C(=N/OC)c1ccccc1CO/N=C(\C)C#Cc1cccc2c1OC(F)(F)O2. The highest BCUT2D eigenvalue weighted by Gasteiger charge is 2.44. The quantitative estimate of drug-likeness (QED) is 0.421. The fraction of sp³-hybridized carbons (Fsp3) is 0.227.